The van der Waals surface area contributed by atoms with Crippen LogP contribution in [-0.4, -0.2) is 23.8 Å². The first-order valence-electron chi connectivity index (χ1n) is 4.85. The number of aromatic hydroxyl groups is 1. The first-order valence-corrected chi connectivity index (χ1v) is 4.85. The number of ether oxygens (including phenoxy) is 2. The molecule has 0 amide bonds. The summed E-state index contributed by atoms with van der Waals surface area (Å²) in [5.74, 6) is 0.254. The molecule has 84 valence electrons. The summed E-state index contributed by atoms with van der Waals surface area (Å²) in [6, 6.07) is 4.70. The van der Waals surface area contributed by atoms with Crippen molar-refractivity contribution >= 4 is 12.0 Å². The zero-order valence-electron chi connectivity index (χ0n) is 9.06. The van der Waals surface area contributed by atoms with Gasteiger partial charge in [-0.1, -0.05) is 6.08 Å². The average molecular weight is 220 g/mol. The molecule has 0 radical (unpaired) electrons. The van der Waals surface area contributed by atoms with Gasteiger partial charge in [-0.05, 0) is 31.2 Å². The minimum atomic E-state index is -1.10. The number of hydrogen-bond acceptors (Lipinski definition) is 4. The lowest BCUT2D eigenvalue weighted by atomic mass is 10.0. The van der Waals surface area contributed by atoms with Crippen molar-refractivity contribution in [2.75, 3.05) is 7.11 Å². The largest absolute Gasteiger partial charge is 0.508 e. The summed E-state index contributed by atoms with van der Waals surface area (Å²) in [7, 11) is 1.32. The van der Waals surface area contributed by atoms with E-state index >= 15 is 0 Å². The third kappa shape index (κ3) is 1.62. The molecular weight excluding hydrogens is 208 g/mol. The van der Waals surface area contributed by atoms with Crippen molar-refractivity contribution in [3.05, 3.63) is 29.8 Å². The summed E-state index contributed by atoms with van der Waals surface area (Å²) in [6.07, 6.45) is 3.34. The second kappa shape index (κ2) is 3.56. The molecular formula is C12H12O4. The molecule has 0 fully saturated rings. The zero-order valence-corrected chi connectivity index (χ0v) is 9.06. The van der Waals surface area contributed by atoms with Crippen molar-refractivity contribution in [3.63, 3.8) is 0 Å². The number of methoxy groups -OCH3 is 1. The zero-order chi connectivity index (χ0) is 11.8. The highest BCUT2D eigenvalue weighted by molar-refractivity contribution is 5.85. The molecule has 0 bridgehead atoms. The summed E-state index contributed by atoms with van der Waals surface area (Å²) < 4.78 is 10.2. The van der Waals surface area contributed by atoms with E-state index in [4.69, 9.17) is 4.74 Å². The normalized spacial score (nSPS) is 22.1. The van der Waals surface area contributed by atoms with Gasteiger partial charge >= 0.3 is 5.97 Å². The number of carbonyl (C=O) groups excluding carboxylic acids is 1. The Balaban J connectivity index is 2.38. The number of fused-ring (bicyclic) bond motifs is 1. The molecule has 1 aromatic rings. The molecule has 0 spiro atoms. The van der Waals surface area contributed by atoms with Crippen LogP contribution >= 0.6 is 0 Å². The third-order valence-electron chi connectivity index (χ3n) is 2.49. The highest BCUT2D eigenvalue weighted by Crippen LogP contribution is 2.33. The van der Waals surface area contributed by atoms with Gasteiger partial charge in [-0.15, -0.1) is 0 Å². The van der Waals surface area contributed by atoms with Crippen LogP contribution in [0.1, 0.15) is 12.5 Å². The molecule has 1 N–H and O–H groups in total. The molecule has 1 atom stereocenters. The molecule has 4 nitrogen and oxygen atoms in total. The molecule has 16 heavy (non-hydrogen) atoms. The summed E-state index contributed by atoms with van der Waals surface area (Å²) in [5.41, 5.74) is -0.361. The van der Waals surface area contributed by atoms with Gasteiger partial charge in [-0.2, -0.15) is 0 Å². The fourth-order valence-electron chi connectivity index (χ4n) is 1.58. The van der Waals surface area contributed by atoms with E-state index in [1.807, 2.05) is 0 Å². The molecule has 2 rings (SSSR count). The number of rotatable bonds is 1. The standard InChI is InChI=1S/C12H12O4/c1-12(11(14)15-2)6-5-8-7-9(13)3-4-10(8)16-12/h3-7,13H,1-2H3. The van der Waals surface area contributed by atoms with Gasteiger partial charge in [0.2, 0.25) is 5.60 Å². The number of phenols is 1. The van der Waals surface area contributed by atoms with Crippen LogP contribution in [0.25, 0.3) is 6.08 Å². The van der Waals surface area contributed by atoms with E-state index in [0.717, 1.165) is 5.56 Å². The van der Waals surface area contributed by atoms with Gasteiger partial charge in [0.05, 0.1) is 7.11 Å². The molecule has 1 aliphatic heterocycles. The maximum absolute atomic E-state index is 11.5. The molecule has 1 aromatic carbocycles. The topological polar surface area (TPSA) is 55.8 Å². The van der Waals surface area contributed by atoms with Gasteiger partial charge in [0, 0.05) is 5.56 Å². The lowest BCUT2D eigenvalue weighted by Gasteiger charge is -2.28. The van der Waals surface area contributed by atoms with Crippen LogP contribution in [0.15, 0.2) is 24.3 Å². The monoisotopic (exact) mass is 220 g/mol. The molecule has 0 aromatic heterocycles. The van der Waals surface area contributed by atoms with E-state index in [9.17, 15) is 9.90 Å². The summed E-state index contributed by atoms with van der Waals surface area (Å²) in [5, 5.41) is 9.29. The van der Waals surface area contributed by atoms with Gasteiger partial charge in [0.15, 0.2) is 0 Å². The summed E-state index contributed by atoms with van der Waals surface area (Å²) in [6.45, 7) is 1.63. The third-order valence-corrected chi connectivity index (χ3v) is 2.49. The minimum absolute atomic E-state index is 0.161. The van der Waals surface area contributed by atoms with Crippen LogP contribution in [0.4, 0.5) is 0 Å². The Kier molecular flexibility index (Phi) is 2.34. The van der Waals surface area contributed by atoms with Gasteiger partial charge in [-0.25, -0.2) is 4.79 Å². The first-order chi connectivity index (χ1) is 7.55. The van der Waals surface area contributed by atoms with Crippen molar-refractivity contribution in [1.29, 1.82) is 0 Å². The highest BCUT2D eigenvalue weighted by Gasteiger charge is 2.36. The van der Waals surface area contributed by atoms with Gasteiger partial charge < -0.3 is 14.6 Å². The number of hydrogen-bond donors (Lipinski definition) is 1. The second-order valence-electron chi connectivity index (χ2n) is 3.76. The highest BCUT2D eigenvalue weighted by atomic mass is 16.6. The predicted octanol–water partition coefficient (Wildman–Crippen LogP) is 1.73. The smallest absolute Gasteiger partial charge is 0.354 e. The Morgan fingerprint density at radius 2 is 2.25 bits per heavy atom. The lowest BCUT2D eigenvalue weighted by Crippen LogP contribution is -2.41. The predicted molar refractivity (Wildman–Crippen MR) is 58.2 cm³/mol. The lowest BCUT2D eigenvalue weighted by molar-refractivity contribution is -0.153. The van der Waals surface area contributed by atoms with Crippen molar-refractivity contribution in [2.45, 2.75) is 12.5 Å². The van der Waals surface area contributed by atoms with E-state index in [-0.39, 0.29) is 5.75 Å². The molecule has 1 aliphatic rings. The van der Waals surface area contributed by atoms with E-state index in [1.165, 1.54) is 13.2 Å². The fraction of sp³-hybridized carbons (Fsp3) is 0.250. The Hall–Kier alpha value is -1.97. The van der Waals surface area contributed by atoms with E-state index in [2.05, 4.69) is 4.74 Å². The minimum Gasteiger partial charge on any atom is -0.508 e. The van der Waals surface area contributed by atoms with Gasteiger partial charge in [-0.3, -0.25) is 0 Å². The average Bonchev–Trinajstić information content (AvgIpc) is 2.28. The Morgan fingerprint density at radius 1 is 1.50 bits per heavy atom. The van der Waals surface area contributed by atoms with Crippen LogP contribution in [0.5, 0.6) is 11.5 Å². The maximum atomic E-state index is 11.5. The second-order valence-corrected chi connectivity index (χ2v) is 3.76. The van der Waals surface area contributed by atoms with E-state index < -0.39 is 11.6 Å². The summed E-state index contributed by atoms with van der Waals surface area (Å²) in [4.78, 5) is 11.5. The van der Waals surface area contributed by atoms with Crippen LogP contribution in [0.2, 0.25) is 0 Å². The SMILES string of the molecule is COC(=O)C1(C)C=Cc2cc(O)ccc2O1. The van der Waals surface area contributed by atoms with Crippen LogP contribution in [-0.2, 0) is 9.53 Å². The Morgan fingerprint density at radius 3 is 2.94 bits per heavy atom. The van der Waals surface area contributed by atoms with Crippen LogP contribution in [0, 0.1) is 0 Å². The molecule has 0 saturated heterocycles. The van der Waals surface area contributed by atoms with Crippen molar-refractivity contribution in [1.82, 2.24) is 0 Å². The van der Waals surface area contributed by atoms with Crippen molar-refractivity contribution in [2.24, 2.45) is 0 Å². The van der Waals surface area contributed by atoms with Gasteiger partial charge in [0.1, 0.15) is 11.5 Å². The molecule has 1 unspecified atom stereocenters. The number of benzene rings is 1. The maximum Gasteiger partial charge on any atom is 0.354 e. The number of carbonyl (C=O) groups is 1. The van der Waals surface area contributed by atoms with Crippen LogP contribution in [0.3, 0.4) is 0 Å². The molecule has 1 heterocycles. The molecule has 4 heteroatoms. The Bertz CT molecular complexity index is 464. The van der Waals surface area contributed by atoms with E-state index in [0.29, 0.717) is 5.75 Å². The fourth-order valence-corrected chi connectivity index (χ4v) is 1.58. The van der Waals surface area contributed by atoms with Crippen molar-refractivity contribution in [3.8, 4) is 11.5 Å². The van der Waals surface area contributed by atoms with Crippen LogP contribution < -0.4 is 4.74 Å². The van der Waals surface area contributed by atoms with Gasteiger partial charge in [0.25, 0.3) is 0 Å². The van der Waals surface area contributed by atoms with E-state index in [1.54, 1.807) is 31.2 Å². The first kappa shape index (κ1) is 10.5. The molecule has 0 aliphatic carbocycles. The van der Waals surface area contributed by atoms with Crippen molar-refractivity contribution < 1.29 is 19.4 Å². The molecule has 0 saturated carbocycles. The Labute approximate surface area is 93.1 Å². The summed E-state index contributed by atoms with van der Waals surface area (Å²) >= 11 is 0. The number of esters is 1. The number of phenolic OH excluding ortho intramolecular Hbond substituents is 1. The quantitative estimate of drug-likeness (QED) is 0.732.